The third-order valence-electron chi connectivity index (χ3n) is 4.66. The first kappa shape index (κ1) is 18.2. The van der Waals surface area contributed by atoms with E-state index in [4.69, 9.17) is 4.74 Å². The van der Waals surface area contributed by atoms with Crippen molar-refractivity contribution in [1.82, 2.24) is 4.90 Å². The number of amides is 2. The number of carbonyl (C=O) groups excluding carboxylic acids is 1. The number of benzene rings is 2. The van der Waals surface area contributed by atoms with Gasteiger partial charge in [0.05, 0.1) is 12.6 Å². The van der Waals surface area contributed by atoms with Gasteiger partial charge in [0.2, 0.25) is 0 Å². The zero-order valence-electron chi connectivity index (χ0n) is 15.1. The van der Waals surface area contributed by atoms with Crippen LogP contribution in [0.5, 0.6) is 5.75 Å². The van der Waals surface area contributed by atoms with E-state index in [1.54, 1.807) is 6.07 Å². The fourth-order valence-electron chi connectivity index (χ4n) is 3.41. The standard InChI is InChI=1S/C21H25FN2O2/c1-2-26-19-12-10-18(11-13-19)23-21(25)24-14-5-3-4-9-20(24)16-7-6-8-17(22)15-16/h6-8,10-13,15,20H,2-5,9,14H2,1H3,(H,23,25)/t20-/m1/s1. The molecule has 0 spiro atoms. The van der Waals surface area contributed by atoms with Crippen molar-refractivity contribution in [3.05, 3.63) is 59.9 Å². The maximum atomic E-state index is 13.7. The molecule has 26 heavy (non-hydrogen) atoms. The minimum Gasteiger partial charge on any atom is -0.494 e. The lowest BCUT2D eigenvalue weighted by molar-refractivity contribution is 0.189. The molecule has 2 aromatic rings. The monoisotopic (exact) mass is 356 g/mol. The highest BCUT2D eigenvalue weighted by molar-refractivity contribution is 5.89. The molecule has 1 heterocycles. The van der Waals surface area contributed by atoms with E-state index in [1.807, 2.05) is 42.2 Å². The number of carbonyl (C=O) groups is 1. The summed E-state index contributed by atoms with van der Waals surface area (Å²) in [7, 11) is 0. The van der Waals surface area contributed by atoms with E-state index in [1.165, 1.54) is 12.1 Å². The second-order valence-electron chi connectivity index (χ2n) is 6.50. The van der Waals surface area contributed by atoms with Crippen LogP contribution < -0.4 is 10.1 Å². The van der Waals surface area contributed by atoms with Gasteiger partial charge in [0.15, 0.2) is 0 Å². The van der Waals surface area contributed by atoms with Gasteiger partial charge in [0.1, 0.15) is 11.6 Å². The summed E-state index contributed by atoms with van der Waals surface area (Å²) in [5.41, 5.74) is 1.58. The van der Waals surface area contributed by atoms with Gasteiger partial charge in [-0.25, -0.2) is 9.18 Å². The van der Waals surface area contributed by atoms with Gasteiger partial charge in [0, 0.05) is 12.2 Å². The molecule has 1 fully saturated rings. The van der Waals surface area contributed by atoms with Crippen molar-refractivity contribution in [1.29, 1.82) is 0 Å². The Morgan fingerprint density at radius 2 is 2.00 bits per heavy atom. The molecule has 0 bridgehead atoms. The molecular weight excluding hydrogens is 331 g/mol. The Hall–Kier alpha value is -2.56. The zero-order valence-corrected chi connectivity index (χ0v) is 15.1. The van der Waals surface area contributed by atoms with Gasteiger partial charge in [-0.1, -0.05) is 25.0 Å². The van der Waals surface area contributed by atoms with Gasteiger partial charge >= 0.3 is 6.03 Å². The molecule has 5 heteroatoms. The summed E-state index contributed by atoms with van der Waals surface area (Å²) in [5, 5.41) is 2.96. The van der Waals surface area contributed by atoms with Crippen LogP contribution in [-0.2, 0) is 0 Å². The van der Waals surface area contributed by atoms with E-state index in [9.17, 15) is 9.18 Å². The Morgan fingerprint density at radius 3 is 2.73 bits per heavy atom. The highest BCUT2D eigenvalue weighted by Crippen LogP contribution is 2.31. The molecule has 0 unspecified atom stereocenters. The molecule has 0 aromatic heterocycles. The summed E-state index contributed by atoms with van der Waals surface area (Å²) < 4.78 is 19.1. The number of hydrogen-bond donors (Lipinski definition) is 1. The number of anilines is 1. The predicted molar refractivity (Wildman–Crippen MR) is 101 cm³/mol. The van der Waals surface area contributed by atoms with Crippen molar-refractivity contribution >= 4 is 11.7 Å². The van der Waals surface area contributed by atoms with Gasteiger partial charge in [-0.3, -0.25) is 0 Å². The first-order valence-electron chi connectivity index (χ1n) is 9.23. The number of ether oxygens (including phenoxy) is 1. The minimum absolute atomic E-state index is 0.101. The number of hydrogen-bond acceptors (Lipinski definition) is 2. The van der Waals surface area contributed by atoms with Gasteiger partial charge in [-0.15, -0.1) is 0 Å². The molecule has 1 aliphatic rings. The maximum Gasteiger partial charge on any atom is 0.322 e. The van der Waals surface area contributed by atoms with Crippen LogP contribution in [0.15, 0.2) is 48.5 Å². The van der Waals surface area contributed by atoms with Gasteiger partial charge < -0.3 is 15.0 Å². The normalized spacial score (nSPS) is 17.5. The van der Waals surface area contributed by atoms with Crippen molar-refractivity contribution < 1.29 is 13.9 Å². The fraction of sp³-hybridized carbons (Fsp3) is 0.381. The van der Waals surface area contributed by atoms with Crippen molar-refractivity contribution in [3.63, 3.8) is 0 Å². The summed E-state index contributed by atoms with van der Waals surface area (Å²) in [6.45, 7) is 3.21. The Balaban J connectivity index is 1.75. The average Bonchev–Trinajstić information content (AvgIpc) is 2.90. The average molecular weight is 356 g/mol. The molecule has 0 radical (unpaired) electrons. The van der Waals surface area contributed by atoms with E-state index >= 15 is 0 Å². The molecule has 3 rings (SSSR count). The number of nitrogens with one attached hydrogen (secondary N) is 1. The van der Waals surface area contributed by atoms with E-state index in [2.05, 4.69) is 5.32 Å². The Bertz CT molecular complexity index is 733. The van der Waals surface area contributed by atoms with Crippen LogP contribution in [0.4, 0.5) is 14.9 Å². The van der Waals surface area contributed by atoms with Crippen molar-refractivity contribution in [2.24, 2.45) is 0 Å². The fourth-order valence-corrected chi connectivity index (χ4v) is 3.41. The molecule has 138 valence electrons. The molecule has 4 nitrogen and oxygen atoms in total. The SMILES string of the molecule is CCOc1ccc(NC(=O)N2CCCCC[C@@H]2c2cccc(F)c2)cc1. The summed E-state index contributed by atoms with van der Waals surface area (Å²) in [5.74, 6) is 0.511. The van der Waals surface area contributed by atoms with Crippen molar-refractivity contribution in [2.75, 3.05) is 18.5 Å². The third kappa shape index (κ3) is 4.54. The lowest BCUT2D eigenvalue weighted by atomic mass is 10.0. The van der Waals surface area contributed by atoms with Crippen molar-refractivity contribution in [3.8, 4) is 5.75 Å². The Labute approximate surface area is 154 Å². The number of halogens is 1. The third-order valence-corrected chi connectivity index (χ3v) is 4.66. The maximum absolute atomic E-state index is 13.7. The summed E-state index contributed by atoms with van der Waals surface area (Å²) >= 11 is 0. The van der Waals surface area contributed by atoms with Crippen LogP contribution in [-0.4, -0.2) is 24.1 Å². The largest absolute Gasteiger partial charge is 0.494 e. The zero-order chi connectivity index (χ0) is 18.4. The molecular formula is C21H25FN2O2. The number of urea groups is 1. The highest BCUT2D eigenvalue weighted by atomic mass is 19.1. The molecule has 2 amide bonds. The van der Waals surface area contributed by atoms with E-state index in [-0.39, 0.29) is 17.9 Å². The van der Waals surface area contributed by atoms with Gasteiger partial charge in [0.25, 0.3) is 0 Å². The molecule has 0 aliphatic carbocycles. The van der Waals surface area contributed by atoms with Gasteiger partial charge in [-0.2, -0.15) is 0 Å². The molecule has 1 N–H and O–H groups in total. The number of rotatable bonds is 4. The van der Waals surface area contributed by atoms with Crippen molar-refractivity contribution in [2.45, 2.75) is 38.6 Å². The molecule has 1 atom stereocenters. The lowest BCUT2D eigenvalue weighted by Gasteiger charge is -2.30. The quantitative estimate of drug-likeness (QED) is 0.800. The molecule has 1 saturated heterocycles. The first-order valence-corrected chi connectivity index (χ1v) is 9.23. The second-order valence-corrected chi connectivity index (χ2v) is 6.50. The summed E-state index contributed by atoms with van der Waals surface area (Å²) in [6, 6.07) is 13.7. The predicted octanol–water partition coefficient (Wildman–Crippen LogP) is 5.37. The van der Waals surface area contributed by atoms with Crippen LogP contribution in [0.3, 0.4) is 0 Å². The smallest absolute Gasteiger partial charge is 0.322 e. The van der Waals surface area contributed by atoms with Crippen LogP contribution in [0.25, 0.3) is 0 Å². The molecule has 1 aliphatic heterocycles. The second kappa shape index (κ2) is 8.70. The van der Waals surface area contributed by atoms with Crippen LogP contribution >= 0.6 is 0 Å². The molecule has 2 aromatic carbocycles. The molecule has 0 saturated carbocycles. The topological polar surface area (TPSA) is 41.6 Å². The Kier molecular flexibility index (Phi) is 6.10. The minimum atomic E-state index is -0.265. The van der Waals surface area contributed by atoms with E-state index in [0.29, 0.717) is 13.2 Å². The lowest BCUT2D eigenvalue weighted by Crippen LogP contribution is -2.38. The van der Waals surface area contributed by atoms with Gasteiger partial charge in [-0.05, 0) is 61.7 Å². The van der Waals surface area contributed by atoms with Crippen LogP contribution in [0, 0.1) is 5.82 Å². The first-order chi connectivity index (χ1) is 12.7. The summed E-state index contributed by atoms with van der Waals surface area (Å²) in [6.07, 6.45) is 3.93. The summed E-state index contributed by atoms with van der Waals surface area (Å²) in [4.78, 5) is 14.7. The van der Waals surface area contributed by atoms with E-state index in [0.717, 1.165) is 42.7 Å². The number of likely N-dealkylation sites (tertiary alicyclic amines) is 1. The highest BCUT2D eigenvalue weighted by Gasteiger charge is 2.27. The van der Waals surface area contributed by atoms with Crippen LogP contribution in [0.2, 0.25) is 0 Å². The van der Waals surface area contributed by atoms with Crippen LogP contribution in [0.1, 0.15) is 44.2 Å². The van der Waals surface area contributed by atoms with E-state index < -0.39 is 0 Å². The number of nitrogens with zero attached hydrogens (tertiary/aromatic N) is 1. The Morgan fingerprint density at radius 1 is 1.19 bits per heavy atom.